The van der Waals surface area contributed by atoms with Gasteiger partial charge < -0.3 is 20.9 Å². The Morgan fingerprint density at radius 1 is 0.800 bits per heavy atom. The van der Waals surface area contributed by atoms with E-state index in [1.165, 1.54) is 75.4 Å². The first-order valence-corrected chi connectivity index (χ1v) is 17.5. The molecule has 0 fully saturated rings. The monoisotopic (exact) mass is 845 g/mol. The topological polar surface area (TPSA) is 169 Å². The first kappa shape index (κ1) is 44.2. The number of thioether (sulfide) groups is 2. The van der Waals surface area contributed by atoms with E-state index in [0.29, 0.717) is 21.6 Å². The van der Waals surface area contributed by atoms with Crippen molar-refractivity contribution in [3.05, 3.63) is 79.7 Å². The predicted octanol–water partition coefficient (Wildman–Crippen LogP) is 7.05. The fraction of sp³-hybridized carbons (Fsp3) is 0.333. The molecule has 272 valence electrons. The number of ketones is 1. The Hall–Kier alpha value is -3.81. The Labute approximate surface area is 313 Å². The number of nitrogen functional groups attached to an aromatic ring is 2. The second kappa shape index (κ2) is 21.4. The largest absolute Gasteiger partial charge is 0.496 e. The van der Waals surface area contributed by atoms with Crippen molar-refractivity contribution in [1.82, 2.24) is 25.0 Å². The molecule has 0 aliphatic carbocycles. The summed E-state index contributed by atoms with van der Waals surface area (Å²) >= 11 is 4.93. The highest BCUT2D eigenvalue weighted by atomic mass is 127. The van der Waals surface area contributed by atoms with Gasteiger partial charge in [-0.25, -0.2) is 33.8 Å². The van der Waals surface area contributed by atoms with Gasteiger partial charge in [-0.1, -0.05) is 44.8 Å². The van der Waals surface area contributed by atoms with Gasteiger partial charge in [0, 0.05) is 19.4 Å². The summed E-state index contributed by atoms with van der Waals surface area (Å²) in [5.74, 6) is 1.39. The lowest BCUT2D eigenvalue weighted by Gasteiger charge is -2.14. The number of anilines is 2. The van der Waals surface area contributed by atoms with Gasteiger partial charge in [0.25, 0.3) is 5.91 Å². The van der Waals surface area contributed by atoms with E-state index < -0.39 is 11.6 Å². The Morgan fingerprint density at radius 2 is 1.26 bits per heavy atom. The summed E-state index contributed by atoms with van der Waals surface area (Å²) in [4.78, 5) is 45.3. The highest BCUT2D eigenvalue weighted by Crippen LogP contribution is 2.29. The van der Waals surface area contributed by atoms with E-state index in [2.05, 4.69) is 19.9 Å². The Balaban J connectivity index is 0.000000394. The molecule has 0 bridgehead atoms. The van der Waals surface area contributed by atoms with Gasteiger partial charge in [-0.3, -0.25) is 14.4 Å². The number of carbonyl (C=O) groups excluding carboxylic acids is 2. The summed E-state index contributed by atoms with van der Waals surface area (Å²) in [5.41, 5.74) is 13.3. The van der Waals surface area contributed by atoms with Crippen molar-refractivity contribution in [2.24, 2.45) is 0 Å². The number of amides is 1. The molecule has 4 N–H and O–H groups in total. The number of rotatable bonds is 10. The Bertz CT molecular complexity index is 1750. The van der Waals surface area contributed by atoms with E-state index in [9.17, 15) is 18.4 Å². The number of nitrogens with two attached hydrogens (primary N) is 2. The van der Waals surface area contributed by atoms with E-state index in [1.807, 2.05) is 43.4 Å². The fourth-order valence-electron chi connectivity index (χ4n) is 4.01. The van der Waals surface area contributed by atoms with Crippen LogP contribution in [0, 0.1) is 29.1 Å². The zero-order chi connectivity index (χ0) is 36.8. The zero-order valence-electron chi connectivity index (χ0n) is 28.3. The van der Waals surface area contributed by atoms with Crippen LogP contribution in [0.2, 0.25) is 0 Å². The minimum Gasteiger partial charge on any atom is -0.496 e. The van der Waals surface area contributed by atoms with Crippen LogP contribution in [0.4, 0.5) is 20.4 Å². The second-order valence-corrected chi connectivity index (χ2v) is 13.2. The lowest BCUT2D eigenvalue weighted by Crippen LogP contribution is -2.26. The SMILES string of the molecule is C.CCSc1ncc(C(=O)N(C)OC)c(N)n1.CCSc1ncc(C(=O)c2cc(F)cc(C)c2OC)c(N)n1.COc1c(C)cc(F)cc1I. The van der Waals surface area contributed by atoms with E-state index in [-0.39, 0.29) is 47.5 Å². The average molecular weight is 846 g/mol. The summed E-state index contributed by atoms with van der Waals surface area (Å²) in [7, 11) is 5.91. The number of hydrogen-bond acceptors (Lipinski definition) is 13. The van der Waals surface area contributed by atoms with Crippen molar-refractivity contribution in [2.45, 2.75) is 45.4 Å². The summed E-state index contributed by atoms with van der Waals surface area (Å²) in [6.45, 7) is 7.44. The molecule has 2 heterocycles. The molecular formula is C33H42F2IN7O5S2. The second-order valence-electron chi connectivity index (χ2n) is 9.62. The molecule has 0 saturated carbocycles. The smallest absolute Gasteiger partial charge is 0.282 e. The van der Waals surface area contributed by atoms with E-state index in [1.54, 1.807) is 14.0 Å². The normalized spacial score (nSPS) is 10.1. The quantitative estimate of drug-likeness (QED) is 0.0549. The number of hydrogen-bond donors (Lipinski definition) is 2. The number of methoxy groups -OCH3 is 2. The summed E-state index contributed by atoms with van der Waals surface area (Å²) < 4.78 is 37.4. The number of aryl methyl sites for hydroxylation is 2. The van der Waals surface area contributed by atoms with Gasteiger partial charge >= 0.3 is 0 Å². The van der Waals surface area contributed by atoms with Gasteiger partial charge in [0.05, 0.1) is 36.0 Å². The van der Waals surface area contributed by atoms with E-state index in [0.717, 1.165) is 37.5 Å². The molecule has 0 saturated heterocycles. The Morgan fingerprint density at radius 3 is 1.68 bits per heavy atom. The molecule has 0 unspecified atom stereocenters. The molecule has 12 nitrogen and oxygen atoms in total. The zero-order valence-corrected chi connectivity index (χ0v) is 32.1. The van der Waals surface area contributed by atoms with E-state index >= 15 is 0 Å². The summed E-state index contributed by atoms with van der Waals surface area (Å²) in [6.07, 6.45) is 2.78. The van der Waals surface area contributed by atoms with Crippen LogP contribution < -0.4 is 20.9 Å². The van der Waals surface area contributed by atoms with Crippen molar-refractivity contribution in [1.29, 1.82) is 0 Å². The molecular weight excluding hydrogens is 803 g/mol. The maximum Gasteiger partial charge on any atom is 0.282 e. The van der Waals surface area contributed by atoms with Gasteiger partial charge in [0.15, 0.2) is 10.3 Å². The van der Waals surface area contributed by atoms with Gasteiger partial charge in [0.2, 0.25) is 5.78 Å². The third kappa shape index (κ3) is 12.2. The number of hydroxylamine groups is 2. The van der Waals surface area contributed by atoms with Crippen LogP contribution >= 0.6 is 46.1 Å². The lowest BCUT2D eigenvalue weighted by atomic mass is 10.0. The minimum absolute atomic E-state index is 0. The lowest BCUT2D eigenvalue weighted by molar-refractivity contribution is -0.0756. The van der Waals surface area contributed by atoms with Crippen molar-refractivity contribution < 1.29 is 32.7 Å². The molecule has 2 aromatic heterocycles. The molecule has 0 atom stereocenters. The molecule has 17 heteroatoms. The standard InChI is InChI=1S/C15H16FN3O2S.C9H14N4O2S.C8H8FIO.CH4/c1-4-22-15-18-7-11(14(17)19-15)12(20)10-6-9(16)5-8(2)13(10)21-3;1-4-16-9-11-5-6(7(10)12-9)8(14)13(2)15-3;1-5-3-6(9)4-7(10)8(5)11-2;/h5-7H,4H2,1-3H3,(H2,17,18,19);5H,4H2,1-3H3,(H2,10,11,12);3-4H,1-2H3;1H4. The van der Waals surface area contributed by atoms with Crippen LogP contribution in [-0.4, -0.2) is 76.6 Å². The fourth-order valence-corrected chi connectivity index (χ4v) is 6.05. The highest BCUT2D eigenvalue weighted by molar-refractivity contribution is 14.1. The third-order valence-electron chi connectivity index (χ3n) is 6.26. The number of benzene rings is 2. The van der Waals surface area contributed by atoms with Crippen molar-refractivity contribution in [2.75, 3.05) is 51.4 Å². The molecule has 0 aliphatic heterocycles. The van der Waals surface area contributed by atoms with Gasteiger partial charge in [-0.15, -0.1) is 0 Å². The number of nitrogens with zero attached hydrogens (tertiary/aromatic N) is 5. The number of aromatic nitrogens is 4. The first-order valence-electron chi connectivity index (χ1n) is 14.4. The van der Waals surface area contributed by atoms with Crippen LogP contribution in [0.1, 0.15) is 58.7 Å². The molecule has 50 heavy (non-hydrogen) atoms. The van der Waals surface area contributed by atoms with Gasteiger partial charge in [0.1, 0.15) is 40.3 Å². The molecule has 4 aromatic rings. The first-order chi connectivity index (χ1) is 23.2. The van der Waals surface area contributed by atoms with Crippen molar-refractivity contribution in [3.63, 3.8) is 0 Å². The average Bonchev–Trinajstić information content (AvgIpc) is 3.04. The number of ether oxygens (including phenoxy) is 2. The highest BCUT2D eigenvalue weighted by Gasteiger charge is 2.21. The van der Waals surface area contributed by atoms with Crippen molar-refractivity contribution >= 4 is 69.4 Å². The van der Waals surface area contributed by atoms with Crippen LogP contribution in [0.15, 0.2) is 47.0 Å². The molecule has 0 aliphatic rings. The summed E-state index contributed by atoms with van der Waals surface area (Å²) in [5, 5.41) is 2.14. The van der Waals surface area contributed by atoms with Crippen molar-refractivity contribution in [3.8, 4) is 11.5 Å². The molecule has 1 amide bonds. The van der Waals surface area contributed by atoms with Gasteiger partial charge in [-0.05, 0) is 83.3 Å². The maximum atomic E-state index is 13.6. The van der Waals surface area contributed by atoms with E-state index in [4.69, 9.17) is 25.8 Å². The van der Waals surface area contributed by atoms with Crippen LogP contribution in [0.25, 0.3) is 0 Å². The minimum atomic E-state index is -0.515. The molecule has 0 radical (unpaired) electrons. The maximum absolute atomic E-state index is 13.6. The predicted molar refractivity (Wildman–Crippen MR) is 203 cm³/mol. The Kier molecular flexibility index (Phi) is 18.9. The molecule has 0 spiro atoms. The van der Waals surface area contributed by atoms with Gasteiger partial charge in [-0.2, -0.15) is 0 Å². The van der Waals surface area contributed by atoms with Crippen LogP contribution in [-0.2, 0) is 4.84 Å². The number of halogens is 3. The summed E-state index contributed by atoms with van der Waals surface area (Å²) in [6, 6.07) is 5.34. The molecule has 4 rings (SSSR count). The van der Waals surface area contributed by atoms with Crippen LogP contribution in [0.3, 0.4) is 0 Å². The number of carbonyl (C=O) groups is 2. The molecule has 2 aromatic carbocycles. The van der Waals surface area contributed by atoms with Crippen LogP contribution in [0.5, 0.6) is 11.5 Å². The third-order valence-corrected chi connectivity index (χ3v) is 8.55.